The summed E-state index contributed by atoms with van der Waals surface area (Å²) in [6.45, 7) is 3.38. The van der Waals surface area contributed by atoms with E-state index in [1.54, 1.807) is 7.11 Å². The Balaban J connectivity index is 1.12. The third kappa shape index (κ3) is 11.5. The third-order valence-electron chi connectivity index (χ3n) is 10.4. The number of aliphatic hydroxyl groups is 1. The second kappa shape index (κ2) is 21.6. The molecule has 0 spiro atoms. The summed E-state index contributed by atoms with van der Waals surface area (Å²) in [4.78, 5) is 0. The van der Waals surface area contributed by atoms with E-state index in [1.807, 2.05) is 159 Å². The van der Waals surface area contributed by atoms with E-state index in [-0.39, 0.29) is 26.4 Å². The molecule has 0 amide bonds. The molecule has 7 rings (SSSR count). The van der Waals surface area contributed by atoms with Gasteiger partial charge in [0.2, 0.25) is 0 Å². The summed E-state index contributed by atoms with van der Waals surface area (Å²) in [5.41, 5.74) is 4.95. The Kier molecular flexibility index (Phi) is 15.6. The number of benzene rings is 5. The van der Waals surface area contributed by atoms with Gasteiger partial charge in [-0.3, -0.25) is 0 Å². The number of methoxy groups -OCH3 is 1. The van der Waals surface area contributed by atoms with Crippen LogP contribution in [0.15, 0.2) is 152 Å². The summed E-state index contributed by atoms with van der Waals surface area (Å²) >= 11 is 0. The molecule has 0 unspecified atom stereocenters. The van der Waals surface area contributed by atoms with Gasteiger partial charge in [0.1, 0.15) is 42.7 Å². The highest BCUT2D eigenvalue weighted by atomic mass is 16.7. The Morgan fingerprint density at radius 1 is 0.414 bits per heavy atom. The van der Waals surface area contributed by atoms with E-state index < -0.39 is 61.4 Å². The molecular weight excluding hydrogens is 737 g/mol. The van der Waals surface area contributed by atoms with Crippen molar-refractivity contribution in [2.75, 3.05) is 13.7 Å². The molecule has 2 aliphatic rings. The minimum atomic E-state index is -1.15. The molecule has 2 saturated heterocycles. The summed E-state index contributed by atoms with van der Waals surface area (Å²) in [7, 11) is 1.55. The number of hydrogen-bond donors (Lipinski definition) is 1. The predicted octanol–water partition coefficient (Wildman–Crippen LogP) is 7.41. The zero-order valence-corrected chi connectivity index (χ0v) is 33.1. The fourth-order valence-electron chi connectivity index (χ4n) is 7.31. The van der Waals surface area contributed by atoms with E-state index in [1.165, 1.54) is 0 Å². The first kappa shape index (κ1) is 41.8. The Bertz CT molecular complexity index is 1870. The summed E-state index contributed by atoms with van der Waals surface area (Å²) in [5.74, 6) is 0. The molecule has 10 atom stereocenters. The molecule has 2 heterocycles. The molecule has 0 radical (unpaired) electrons. The molecule has 10 heteroatoms. The van der Waals surface area contributed by atoms with Gasteiger partial charge in [-0.15, -0.1) is 0 Å². The normalized spacial score (nSPS) is 27.3. The average Bonchev–Trinajstić information content (AvgIpc) is 3.27. The van der Waals surface area contributed by atoms with Gasteiger partial charge in [0.05, 0.1) is 45.7 Å². The Morgan fingerprint density at radius 3 is 1.16 bits per heavy atom. The fourth-order valence-corrected chi connectivity index (χ4v) is 7.31. The van der Waals surface area contributed by atoms with Crippen molar-refractivity contribution in [3.63, 3.8) is 0 Å². The van der Waals surface area contributed by atoms with Gasteiger partial charge in [0.25, 0.3) is 0 Å². The van der Waals surface area contributed by atoms with Crippen molar-refractivity contribution in [1.82, 2.24) is 0 Å². The quantitative estimate of drug-likeness (QED) is 0.0911. The van der Waals surface area contributed by atoms with Gasteiger partial charge in [-0.1, -0.05) is 152 Å². The Labute approximate surface area is 341 Å². The zero-order valence-electron chi connectivity index (χ0n) is 33.1. The highest BCUT2D eigenvalue weighted by Gasteiger charge is 2.50. The van der Waals surface area contributed by atoms with Crippen molar-refractivity contribution in [3.8, 4) is 0 Å². The van der Waals surface area contributed by atoms with E-state index in [0.717, 1.165) is 27.8 Å². The molecule has 58 heavy (non-hydrogen) atoms. The molecule has 306 valence electrons. The van der Waals surface area contributed by atoms with Crippen LogP contribution in [-0.2, 0) is 75.7 Å². The van der Waals surface area contributed by atoms with Crippen LogP contribution in [0.5, 0.6) is 0 Å². The van der Waals surface area contributed by atoms with Crippen LogP contribution in [0, 0.1) is 0 Å². The van der Waals surface area contributed by atoms with Gasteiger partial charge in [0.15, 0.2) is 12.6 Å². The summed E-state index contributed by atoms with van der Waals surface area (Å²) in [5, 5.41) is 12.0. The van der Waals surface area contributed by atoms with Gasteiger partial charge >= 0.3 is 0 Å². The molecule has 0 saturated carbocycles. The maximum Gasteiger partial charge on any atom is 0.186 e. The Hall–Kier alpha value is -4.30. The SMILES string of the molecule is CO[C@H]1O[C@H](CO[C@H]2O[C@@H](C)[C@@H](OCc3ccccc3)[C@@H](OCc3ccccc3)[C@@H]2OCc2ccccc2)[C@@H](O)[C@H](OCc2ccccc2)[C@H]1OCc1ccccc1. The van der Waals surface area contributed by atoms with Crippen LogP contribution in [0.4, 0.5) is 0 Å². The lowest BCUT2D eigenvalue weighted by Crippen LogP contribution is -2.62. The number of ether oxygens (including phenoxy) is 9. The highest BCUT2D eigenvalue weighted by molar-refractivity contribution is 5.17. The topological polar surface area (TPSA) is 103 Å². The summed E-state index contributed by atoms with van der Waals surface area (Å²) < 4.78 is 58.3. The summed E-state index contributed by atoms with van der Waals surface area (Å²) in [6, 6.07) is 49.6. The zero-order chi connectivity index (χ0) is 39.9. The van der Waals surface area contributed by atoms with E-state index in [4.69, 9.17) is 42.6 Å². The first-order valence-electron chi connectivity index (χ1n) is 20.0. The van der Waals surface area contributed by atoms with Gasteiger partial charge in [0, 0.05) is 7.11 Å². The predicted molar refractivity (Wildman–Crippen MR) is 217 cm³/mol. The minimum absolute atomic E-state index is 0.0683. The van der Waals surface area contributed by atoms with E-state index in [9.17, 15) is 5.11 Å². The lowest BCUT2D eigenvalue weighted by atomic mass is 9.97. The fraction of sp³-hybridized carbons (Fsp3) is 0.375. The average molecular weight is 791 g/mol. The number of aliphatic hydroxyl groups excluding tert-OH is 1. The van der Waals surface area contributed by atoms with E-state index in [0.29, 0.717) is 13.2 Å². The minimum Gasteiger partial charge on any atom is -0.387 e. The maximum atomic E-state index is 12.0. The maximum absolute atomic E-state index is 12.0. The van der Waals surface area contributed by atoms with E-state index in [2.05, 4.69) is 0 Å². The third-order valence-corrected chi connectivity index (χ3v) is 10.4. The van der Waals surface area contributed by atoms with Crippen molar-refractivity contribution in [2.24, 2.45) is 0 Å². The van der Waals surface area contributed by atoms with Crippen molar-refractivity contribution in [2.45, 2.75) is 101 Å². The summed E-state index contributed by atoms with van der Waals surface area (Å²) in [6.07, 6.45) is -7.63. The smallest absolute Gasteiger partial charge is 0.186 e. The monoisotopic (exact) mass is 790 g/mol. The molecule has 2 fully saturated rings. The van der Waals surface area contributed by atoms with Crippen molar-refractivity contribution >= 4 is 0 Å². The number of rotatable bonds is 19. The van der Waals surface area contributed by atoms with Crippen molar-refractivity contribution in [1.29, 1.82) is 0 Å². The first-order valence-corrected chi connectivity index (χ1v) is 20.0. The van der Waals surface area contributed by atoms with Gasteiger partial charge in [-0.05, 0) is 34.7 Å². The van der Waals surface area contributed by atoms with Crippen LogP contribution in [0.25, 0.3) is 0 Å². The lowest BCUT2D eigenvalue weighted by Gasteiger charge is -2.46. The van der Waals surface area contributed by atoms with Gasteiger partial charge < -0.3 is 47.7 Å². The Morgan fingerprint density at radius 2 is 0.759 bits per heavy atom. The number of hydrogen-bond acceptors (Lipinski definition) is 10. The van der Waals surface area contributed by atoms with Crippen molar-refractivity contribution < 1.29 is 47.7 Å². The molecule has 10 nitrogen and oxygen atoms in total. The second-order valence-electron chi connectivity index (χ2n) is 14.6. The van der Waals surface area contributed by atoms with Crippen LogP contribution in [-0.4, -0.2) is 80.2 Å². The molecule has 1 N–H and O–H groups in total. The lowest BCUT2D eigenvalue weighted by molar-refractivity contribution is -0.344. The van der Waals surface area contributed by atoms with Gasteiger partial charge in [-0.2, -0.15) is 0 Å². The largest absolute Gasteiger partial charge is 0.387 e. The molecule has 2 aliphatic heterocycles. The molecule has 0 bridgehead atoms. The van der Waals surface area contributed by atoms with Crippen LogP contribution in [0.2, 0.25) is 0 Å². The van der Waals surface area contributed by atoms with Crippen LogP contribution < -0.4 is 0 Å². The molecular formula is C48H54O10. The molecule has 5 aromatic carbocycles. The molecule has 0 aliphatic carbocycles. The van der Waals surface area contributed by atoms with Crippen LogP contribution >= 0.6 is 0 Å². The first-order chi connectivity index (χ1) is 28.6. The van der Waals surface area contributed by atoms with Crippen LogP contribution in [0.3, 0.4) is 0 Å². The standard InChI is InChI=1S/C48H54O10/c1-34-42(51-28-35-18-8-3-9-19-35)44(53-30-37-22-12-5-13-23-37)46(55-32-39-26-16-7-17-27-39)48(57-34)56-33-40-41(49)43(52-29-36-20-10-4-11-21-36)45(47(50-2)58-40)54-31-38-24-14-6-15-25-38/h3-27,34,40-49H,28-33H2,1-2H3/t34-,40+,41+,42+,43-,44+,45+,46-,47-,48-/m0/s1. The molecule has 5 aromatic rings. The van der Waals surface area contributed by atoms with Crippen LogP contribution in [0.1, 0.15) is 34.7 Å². The highest BCUT2D eigenvalue weighted by Crippen LogP contribution is 2.33. The van der Waals surface area contributed by atoms with Gasteiger partial charge in [-0.25, -0.2) is 0 Å². The molecule has 0 aromatic heterocycles. The van der Waals surface area contributed by atoms with E-state index >= 15 is 0 Å². The van der Waals surface area contributed by atoms with Crippen molar-refractivity contribution in [3.05, 3.63) is 179 Å². The second-order valence-corrected chi connectivity index (χ2v) is 14.6.